The van der Waals surface area contributed by atoms with Crippen LogP contribution in [0.2, 0.25) is 0 Å². The van der Waals surface area contributed by atoms with Crippen LogP contribution in [0.1, 0.15) is 70.5 Å². The molecule has 0 unspecified atom stereocenters. The lowest BCUT2D eigenvalue weighted by Gasteiger charge is -2.45. The SMILES string of the molecule is CC(C)(C)C1=CC(c2nncn2-c2cccc(C(C)(C)C)c2)=CCC1(c1ccccc1)c1ccccc1. The molecule has 0 bridgehead atoms. The van der Waals surface area contributed by atoms with Gasteiger partial charge < -0.3 is 0 Å². The summed E-state index contributed by atoms with van der Waals surface area (Å²) in [5.41, 5.74) is 7.26. The lowest BCUT2D eigenvalue weighted by molar-refractivity contribution is 0.411. The van der Waals surface area contributed by atoms with Gasteiger partial charge in [0.15, 0.2) is 5.82 Å². The van der Waals surface area contributed by atoms with Crippen LogP contribution < -0.4 is 0 Å². The monoisotopic (exact) mass is 487 g/mol. The fraction of sp³-hybridized carbons (Fsp3) is 0.294. The summed E-state index contributed by atoms with van der Waals surface area (Å²) in [5, 5.41) is 8.97. The molecule has 4 aromatic rings. The van der Waals surface area contributed by atoms with Crippen molar-refractivity contribution in [1.29, 1.82) is 0 Å². The van der Waals surface area contributed by atoms with E-state index in [4.69, 9.17) is 0 Å². The molecule has 0 spiro atoms. The predicted octanol–water partition coefficient (Wildman–Crippen LogP) is 8.31. The third-order valence-corrected chi connectivity index (χ3v) is 7.53. The first-order valence-corrected chi connectivity index (χ1v) is 13.2. The zero-order valence-corrected chi connectivity index (χ0v) is 22.9. The standard InChI is InChI=1S/C34H37N3/c1-32(2,3)28-18-13-19-29(23-28)37-24-35-36-31(37)25-20-21-34(26-14-9-7-10-15-26,27-16-11-8-12-17-27)30(22-25)33(4,5)6/h7-20,22-24H,21H2,1-6H3. The second-order valence-electron chi connectivity index (χ2n) is 12.1. The third-order valence-electron chi connectivity index (χ3n) is 7.53. The Balaban J connectivity index is 1.67. The van der Waals surface area contributed by atoms with Crippen molar-refractivity contribution in [1.82, 2.24) is 14.8 Å². The van der Waals surface area contributed by atoms with Crippen LogP contribution in [0.3, 0.4) is 0 Å². The first-order chi connectivity index (χ1) is 17.6. The minimum atomic E-state index is -0.249. The van der Waals surface area contributed by atoms with E-state index in [-0.39, 0.29) is 16.2 Å². The Hall–Kier alpha value is -3.72. The molecule has 0 saturated carbocycles. The van der Waals surface area contributed by atoms with Gasteiger partial charge in [-0.1, -0.05) is 126 Å². The molecule has 0 N–H and O–H groups in total. The van der Waals surface area contributed by atoms with Gasteiger partial charge in [0.1, 0.15) is 6.33 Å². The van der Waals surface area contributed by atoms with Crippen LogP contribution in [0.15, 0.2) is 109 Å². The maximum atomic E-state index is 4.62. The van der Waals surface area contributed by atoms with E-state index in [0.29, 0.717) is 0 Å². The summed E-state index contributed by atoms with van der Waals surface area (Å²) in [4.78, 5) is 0. The Morgan fingerprint density at radius 2 is 1.35 bits per heavy atom. The minimum absolute atomic E-state index is 0.0673. The normalized spacial score (nSPS) is 15.7. The van der Waals surface area contributed by atoms with Crippen molar-refractivity contribution in [3.05, 3.63) is 131 Å². The van der Waals surface area contributed by atoms with Gasteiger partial charge in [-0.05, 0) is 51.6 Å². The number of nitrogens with zero attached hydrogens (tertiary/aromatic N) is 3. The van der Waals surface area contributed by atoms with E-state index >= 15 is 0 Å². The van der Waals surface area contributed by atoms with Gasteiger partial charge in [-0.15, -0.1) is 10.2 Å². The van der Waals surface area contributed by atoms with Gasteiger partial charge in [0.2, 0.25) is 0 Å². The first kappa shape index (κ1) is 25.0. The van der Waals surface area contributed by atoms with E-state index in [2.05, 4.69) is 153 Å². The highest BCUT2D eigenvalue weighted by molar-refractivity contribution is 5.76. The number of rotatable bonds is 4. The number of hydrogen-bond donors (Lipinski definition) is 0. The summed E-state index contributed by atoms with van der Waals surface area (Å²) in [6.45, 7) is 13.7. The van der Waals surface area contributed by atoms with E-state index in [9.17, 15) is 0 Å². The Morgan fingerprint density at radius 1 is 0.730 bits per heavy atom. The Labute approximate surface area is 221 Å². The average Bonchev–Trinajstić information content (AvgIpc) is 3.38. The van der Waals surface area contributed by atoms with Crippen molar-refractivity contribution >= 4 is 5.57 Å². The molecule has 1 aliphatic rings. The van der Waals surface area contributed by atoms with Crippen LogP contribution >= 0.6 is 0 Å². The smallest absolute Gasteiger partial charge is 0.168 e. The Morgan fingerprint density at radius 3 is 1.92 bits per heavy atom. The van der Waals surface area contributed by atoms with E-state index < -0.39 is 0 Å². The largest absolute Gasteiger partial charge is 0.282 e. The highest BCUT2D eigenvalue weighted by atomic mass is 15.3. The number of allylic oxidation sites excluding steroid dienone is 4. The third kappa shape index (κ3) is 4.59. The first-order valence-electron chi connectivity index (χ1n) is 13.2. The van der Waals surface area contributed by atoms with Gasteiger partial charge in [0.25, 0.3) is 0 Å². The molecule has 3 heteroatoms. The van der Waals surface area contributed by atoms with E-state index in [0.717, 1.165) is 23.5 Å². The molecule has 188 valence electrons. The summed E-state index contributed by atoms with van der Waals surface area (Å²) < 4.78 is 2.12. The van der Waals surface area contributed by atoms with Crippen molar-refractivity contribution in [3.63, 3.8) is 0 Å². The predicted molar refractivity (Wildman–Crippen MR) is 154 cm³/mol. The molecule has 1 heterocycles. The maximum Gasteiger partial charge on any atom is 0.168 e. The van der Waals surface area contributed by atoms with Crippen LogP contribution in [0, 0.1) is 5.41 Å². The highest BCUT2D eigenvalue weighted by Gasteiger charge is 2.44. The molecule has 37 heavy (non-hydrogen) atoms. The minimum Gasteiger partial charge on any atom is -0.282 e. The molecule has 0 fully saturated rings. The Bertz CT molecular complexity index is 1400. The van der Waals surface area contributed by atoms with Gasteiger partial charge in [0, 0.05) is 16.7 Å². The van der Waals surface area contributed by atoms with Crippen LogP contribution in [0.5, 0.6) is 0 Å². The number of benzene rings is 3. The molecular formula is C34H37N3. The van der Waals surface area contributed by atoms with Crippen LogP contribution in [0.4, 0.5) is 0 Å². The Kier molecular flexibility index (Phi) is 6.27. The summed E-state index contributed by atoms with van der Waals surface area (Å²) in [7, 11) is 0. The zero-order valence-electron chi connectivity index (χ0n) is 22.9. The van der Waals surface area contributed by atoms with E-state index in [1.54, 1.807) is 0 Å². The van der Waals surface area contributed by atoms with Crippen LogP contribution in [0.25, 0.3) is 11.3 Å². The summed E-state index contributed by atoms with van der Waals surface area (Å²) in [6, 6.07) is 30.6. The molecule has 0 aliphatic heterocycles. The molecule has 1 aromatic heterocycles. The number of hydrogen-bond acceptors (Lipinski definition) is 2. The molecule has 3 nitrogen and oxygen atoms in total. The van der Waals surface area contributed by atoms with Crippen molar-refractivity contribution in [2.24, 2.45) is 5.41 Å². The van der Waals surface area contributed by atoms with Crippen molar-refractivity contribution in [3.8, 4) is 5.69 Å². The highest BCUT2D eigenvalue weighted by Crippen LogP contribution is 2.52. The van der Waals surface area contributed by atoms with E-state index in [1.807, 2.05) is 6.33 Å². The lowest BCUT2D eigenvalue weighted by atomic mass is 9.58. The summed E-state index contributed by atoms with van der Waals surface area (Å²) >= 11 is 0. The molecular weight excluding hydrogens is 450 g/mol. The second-order valence-corrected chi connectivity index (χ2v) is 12.1. The van der Waals surface area contributed by atoms with Crippen LogP contribution in [-0.4, -0.2) is 14.8 Å². The second kappa shape index (κ2) is 9.30. The number of aromatic nitrogens is 3. The summed E-state index contributed by atoms with van der Waals surface area (Å²) in [5.74, 6) is 0.877. The molecule has 0 amide bonds. The van der Waals surface area contributed by atoms with Crippen molar-refractivity contribution in [2.45, 2.75) is 58.8 Å². The molecule has 0 saturated heterocycles. The van der Waals surface area contributed by atoms with Gasteiger partial charge >= 0.3 is 0 Å². The topological polar surface area (TPSA) is 30.7 Å². The average molecular weight is 488 g/mol. The molecule has 1 aliphatic carbocycles. The quantitative estimate of drug-likeness (QED) is 0.290. The zero-order chi connectivity index (χ0) is 26.3. The molecule has 0 atom stereocenters. The lowest BCUT2D eigenvalue weighted by Crippen LogP contribution is -2.37. The van der Waals surface area contributed by atoms with Gasteiger partial charge in [-0.25, -0.2) is 0 Å². The van der Waals surface area contributed by atoms with Gasteiger partial charge in [0.05, 0.1) is 0 Å². The van der Waals surface area contributed by atoms with Crippen molar-refractivity contribution < 1.29 is 0 Å². The maximum absolute atomic E-state index is 4.62. The summed E-state index contributed by atoms with van der Waals surface area (Å²) in [6.07, 6.45) is 7.41. The fourth-order valence-electron chi connectivity index (χ4n) is 5.62. The molecule has 3 aromatic carbocycles. The van der Waals surface area contributed by atoms with Crippen molar-refractivity contribution in [2.75, 3.05) is 0 Å². The van der Waals surface area contributed by atoms with Gasteiger partial charge in [-0.2, -0.15) is 0 Å². The fourth-order valence-corrected chi connectivity index (χ4v) is 5.62. The molecule has 5 rings (SSSR count). The van der Waals surface area contributed by atoms with E-state index in [1.165, 1.54) is 22.3 Å². The van der Waals surface area contributed by atoms with Gasteiger partial charge in [-0.3, -0.25) is 4.57 Å². The molecule has 0 radical (unpaired) electrons. The van der Waals surface area contributed by atoms with Crippen LogP contribution in [-0.2, 0) is 10.8 Å².